The zero-order chi connectivity index (χ0) is 29.0. The van der Waals surface area contributed by atoms with Gasteiger partial charge in [-0.15, -0.1) is 0 Å². The Morgan fingerprint density at radius 2 is 1.90 bits per heavy atom. The molecule has 40 heavy (non-hydrogen) atoms. The van der Waals surface area contributed by atoms with E-state index in [0.717, 1.165) is 16.7 Å². The predicted octanol–water partition coefficient (Wildman–Crippen LogP) is 3.90. The fraction of sp³-hybridized carbons (Fsp3) is 0.321. The summed E-state index contributed by atoms with van der Waals surface area (Å²) >= 11 is 6.61. The second-order valence-electron chi connectivity index (χ2n) is 10.2. The quantitative estimate of drug-likeness (QED) is 0.458. The van der Waals surface area contributed by atoms with Gasteiger partial charge in [0.2, 0.25) is 11.8 Å². The zero-order valence-corrected chi connectivity index (χ0v) is 23.5. The van der Waals surface area contributed by atoms with Crippen molar-refractivity contribution in [2.75, 3.05) is 37.4 Å². The molecule has 1 aliphatic rings. The molecule has 3 aromatic rings. The molecule has 0 atom stereocenters. The summed E-state index contributed by atoms with van der Waals surface area (Å²) in [5.74, 6) is -0.362. The van der Waals surface area contributed by atoms with E-state index >= 15 is 0 Å². The van der Waals surface area contributed by atoms with Crippen molar-refractivity contribution in [1.29, 1.82) is 0 Å². The SMILES string of the molecule is CN(Cc1ccc(-c2ccc(N3CCOc4ncnc(N)c4C3=O)cc2)c(Cl)c1)C(=O)CNC(=O)OC(C)(C)C. The number of halogens is 1. The highest BCUT2D eigenvalue weighted by molar-refractivity contribution is 6.33. The number of nitrogens with zero attached hydrogens (tertiary/aromatic N) is 4. The lowest BCUT2D eigenvalue weighted by Gasteiger charge is -2.21. The Kier molecular flexibility index (Phi) is 8.43. The largest absolute Gasteiger partial charge is 0.475 e. The molecule has 1 aromatic heterocycles. The Morgan fingerprint density at radius 3 is 2.58 bits per heavy atom. The number of nitrogens with two attached hydrogens (primary N) is 1. The number of alkyl carbamates (subject to hydrolysis) is 1. The van der Waals surface area contributed by atoms with Gasteiger partial charge in [0.25, 0.3) is 5.91 Å². The average Bonchev–Trinajstić information content (AvgIpc) is 3.06. The van der Waals surface area contributed by atoms with Gasteiger partial charge in [-0.1, -0.05) is 35.9 Å². The van der Waals surface area contributed by atoms with Crippen LogP contribution >= 0.6 is 11.6 Å². The van der Waals surface area contributed by atoms with Crippen LogP contribution in [0.2, 0.25) is 5.02 Å². The highest BCUT2D eigenvalue weighted by Gasteiger charge is 2.28. The third-order valence-corrected chi connectivity index (χ3v) is 6.32. The molecule has 210 valence electrons. The molecule has 0 fully saturated rings. The molecule has 0 unspecified atom stereocenters. The van der Waals surface area contributed by atoms with Gasteiger partial charge >= 0.3 is 6.09 Å². The van der Waals surface area contributed by atoms with Gasteiger partial charge in [-0.3, -0.25) is 9.59 Å². The van der Waals surface area contributed by atoms with Crippen molar-refractivity contribution in [3.63, 3.8) is 0 Å². The molecule has 4 rings (SSSR count). The van der Waals surface area contributed by atoms with E-state index in [2.05, 4.69) is 15.3 Å². The molecule has 0 bridgehead atoms. The summed E-state index contributed by atoms with van der Waals surface area (Å²) in [5, 5.41) is 2.98. The number of carbonyl (C=O) groups is 3. The minimum atomic E-state index is -0.649. The van der Waals surface area contributed by atoms with Gasteiger partial charge in [-0.25, -0.2) is 14.8 Å². The van der Waals surface area contributed by atoms with Gasteiger partial charge in [0, 0.05) is 29.9 Å². The van der Waals surface area contributed by atoms with E-state index in [-0.39, 0.29) is 42.2 Å². The fourth-order valence-electron chi connectivity index (χ4n) is 4.08. The molecule has 3 amide bonds. The number of hydrogen-bond acceptors (Lipinski definition) is 8. The number of benzene rings is 2. The van der Waals surface area contributed by atoms with Crippen LogP contribution in [-0.2, 0) is 16.1 Å². The monoisotopic (exact) mass is 566 g/mol. The van der Waals surface area contributed by atoms with E-state index in [1.165, 1.54) is 11.2 Å². The van der Waals surface area contributed by atoms with E-state index in [1.54, 1.807) is 38.8 Å². The smallest absolute Gasteiger partial charge is 0.408 e. The number of likely N-dealkylation sites (N-methyl/N-ethyl adjacent to an activating group) is 1. The van der Waals surface area contributed by atoms with E-state index in [9.17, 15) is 14.4 Å². The van der Waals surface area contributed by atoms with Crippen molar-refractivity contribution in [1.82, 2.24) is 20.2 Å². The molecule has 0 aliphatic carbocycles. The van der Waals surface area contributed by atoms with Gasteiger partial charge in [-0.05, 0) is 50.1 Å². The molecule has 0 spiro atoms. The minimum absolute atomic E-state index is 0.0667. The molecule has 0 radical (unpaired) electrons. The van der Waals surface area contributed by atoms with Gasteiger partial charge in [0.05, 0.1) is 6.54 Å². The number of amides is 3. The number of aromatic nitrogens is 2. The lowest BCUT2D eigenvalue weighted by atomic mass is 10.0. The predicted molar refractivity (Wildman–Crippen MR) is 151 cm³/mol. The lowest BCUT2D eigenvalue weighted by molar-refractivity contribution is -0.129. The summed E-state index contributed by atoms with van der Waals surface area (Å²) in [5.41, 5.74) is 8.57. The van der Waals surface area contributed by atoms with Crippen molar-refractivity contribution < 1.29 is 23.9 Å². The second kappa shape index (κ2) is 11.8. The van der Waals surface area contributed by atoms with Crippen LogP contribution in [0.1, 0.15) is 36.7 Å². The van der Waals surface area contributed by atoms with Crippen molar-refractivity contribution in [3.8, 4) is 17.0 Å². The van der Waals surface area contributed by atoms with Crippen molar-refractivity contribution in [2.45, 2.75) is 32.9 Å². The first-order chi connectivity index (χ1) is 18.9. The third kappa shape index (κ3) is 6.78. The lowest BCUT2D eigenvalue weighted by Crippen LogP contribution is -2.40. The molecular weight excluding hydrogens is 536 g/mol. The summed E-state index contributed by atoms with van der Waals surface area (Å²) in [4.78, 5) is 48.5. The van der Waals surface area contributed by atoms with Gasteiger partial charge in [0.15, 0.2) is 0 Å². The molecule has 0 saturated carbocycles. The average molecular weight is 567 g/mol. The summed E-state index contributed by atoms with van der Waals surface area (Å²) in [6.45, 7) is 5.96. The van der Waals surface area contributed by atoms with Crippen LogP contribution in [-0.4, -0.2) is 65.1 Å². The first-order valence-electron chi connectivity index (χ1n) is 12.6. The Bertz CT molecular complexity index is 1420. The Morgan fingerprint density at radius 1 is 1.18 bits per heavy atom. The van der Waals surface area contributed by atoms with Crippen molar-refractivity contribution >= 4 is 41.0 Å². The fourth-order valence-corrected chi connectivity index (χ4v) is 4.39. The van der Waals surface area contributed by atoms with Crippen LogP contribution in [0, 0.1) is 0 Å². The molecule has 3 N–H and O–H groups in total. The normalized spacial score (nSPS) is 13.1. The van der Waals surface area contributed by atoms with Crippen LogP contribution in [0.5, 0.6) is 5.88 Å². The maximum atomic E-state index is 13.2. The number of nitrogens with one attached hydrogen (secondary N) is 1. The summed E-state index contributed by atoms with van der Waals surface area (Å²) in [7, 11) is 1.65. The first-order valence-corrected chi connectivity index (χ1v) is 13.0. The highest BCUT2D eigenvalue weighted by Crippen LogP contribution is 2.32. The first kappa shape index (κ1) is 28.6. The number of rotatable bonds is 6. The Hall–Kier alpha value is -4.38. The van der Waals surface area contributed by atoms with E-state index < -0.39 is 11.7 Å². The van der Waals surface area contributed by atoms with Crippen LogP contribution < -0.4 is 20.7 Å². The van der Waals surface area contributed by atoms with Crippen LogP contribution in [0.25, 0.3) is 11.1 Å². The number of ether oxygens (including phenoxy) is 2. The van der Waals surface area contributed by atoms with Gasteiger partial charge < -0.3 is 30.3 Å². The van der Waals surface area contributed by atoms with Crippen LogP contribution in [0.15, 0.2) is 48.8 Å². The Balaban J connectivity index is 1.41. The third-order valence-electron chi connectivity index (χ3n) is 6.01. The number of nitrogen functional groups attached to an aromatic ring is 1. The highest BCUT2D eigenvalue weighted by atomic mass is 35.5. The maximum Gasteiger partial charge on any atom is 0.408 e. The molecule has 12 heteroatoms. The molecular formula is C28H31ClN6O5. The standard InChI is InChI=1S/C28H31ClN6O5/c1-28(2,3)40-27(38)31-14-22(36)34(4)15-17-5-10-20(21(29)13-17)18-6-8-19(9-7-18)35-11-12-39-25-23(26(35)37)24(30)32-16-33-25/h5-10,13,16H,11-12,14-15H2,1-4H3,(H,31,38)(H2,30,32,33). The molecule has 0 saturated heterocycles. The number of fused-ring (bicyclic) bond motifs is 1. The van der Waals surface area contributed by atoms with E-state index in [1.807, 2.05) is 36.4 Å². The van der Waals surface area contributed by atoms with Gasteiger partial charge in [0.1, 0.15) is 36.5 Å². The molecule has 1 aliphatic heterocycles. The molecule has 2 heterocycles. The zero-order valence-electron chi connectivity index (χ0n) is 22.7. The molecule has 2 aromatic carbocycles. The van der Waals surface area contributed by atoms with Crippen LogP contribution in [0.3, 0.4) is 0 Å². The number of hydrogen-bond donors (Lipinski definition) is 2. The van der Waals surface area contributed by atoms with E-state index in [4.69, 9.17) is 26.8 Å². The van der Waals surface area contributed by atoms with Crippen LogP contribution in [0.4, 0.5) is 16.3 Å². The van der Waals surface area contributed by atoms with Gasteiger partial charge in [-0.2, -0.15) is 0 Å². The Labute approximate surface area is 237 Å². The number of carbonyl (C=O) groups excluding carboxylic acids is 3. The van der Waals surface area contributed by atoms with Crippen molar-refractivity contribution in [2.24, 2.45) is 0 Å². The summed E-state index contributed by atoms with van der Waals surface area (Å²) < 4.78 is 10.8. The number of anilines is 2. The second-order valence-corrected chi connectivity index (χ2v) is 10.6. The molecule has 11 nitrogen and oxygen atoms in total. The minimum Gasteiger partial charge on any atom is -0.475 e. The topological polar surface area (TPSA) is 140 Å². The van der Waals surface area contributed by atoms with Crippen molar-refractivity contribution in [3.05, 3.63) is 64.9 Å². The summed E-state index contributed by atoms with van der Waals surface area (Å²) in [6.07, 6.45) is 0.616. The van der Waals surface area contributed by atoms with E-state index in [0.29, 0.717) is 23.8 Å². The maximum absolute atomic E-state index is 13.2. The summed E-state index contributed by atoms with van der Waals surface area (Å²) in [6, 6.07) is 13.0.